The third-order valence-electron chi connectivity index (χ3n) is 3.25. The van der Waals surface area contributed by atoms with E-state index in [2.05, 4.69) is 25.6 Å². The summed E-state index contributed by atoms with van der Waals surface area (Å²) in [5.74, 6) is 0.612. The Morgan fingerprint density at radius 1 is 1.12 bits per heavy atom. The number of nitrogens with zero attached hydrogens (tertiary/aromatic N) is 3. The number of carbonyl (C=O) groups excluding carboxylic acids is 1. The van der Waals surface area contributed by atoms with Crippen molar-refractivity contribution in [3.63, 3.8) is 0 Å². The minimum absolute atomic E-state index is 0.240. The van der Waals surface area contributed by atoms with Crippen LogP contribution in [0.15, 0.2) is 35.3 Å². The smallest absolute Gasteiger partial charge is 0.413 e. The number of carbonyl (C=O) groups is 1. The Labute approximate surface area is 147 Å². The lowest BCUT2D eigenvalue weighted by atomic mass is 10.1. The minimum atomic E-state index is -0.581. The summed E-state index contributed by atoms with van der Waals surface area (Å²) in [6, 6.07) is 9.89. The van der Waals surface area contributed by atoms with E-state index < -0.39 is 6.09 Å². The topological polar surface area (TPSA) is 88.5 Å². The van der Waals surface area contributed by atoms with Gasteiger partial charge in [-0.3, -0.25) is 10.6 Å². The number of aromatic nitrogens is 2. The van der Waals surface area contributed by atoms with Gasteiger partial charge < -0.3 is 4.74 Å². The summed E-state index contributed by atoms with van der Waals surface area (Å²) < 4.78 is 4.91. The third-order valence-corrected chi connectivity index (χ3v) is 3.25. The standard InChI is InChI=1S/C18H23N5O2/c1-5-25-18(24)23-16(19-11-15-8-6-12(2)7-9-15)22-17-20-13(3)10-14(4)21-17/h6-10H,5,11H2,1-4H3,(H2,19,20,21,22,23,24). The molecule has 0 unspecified atom stereocenters. The molecule has 0 atom stereocenters. The second-order valence-electron chi connectivity index (χ2n) is 5.60. The Morgan fingerprint density at radius 2 is 1.76 bits per heavy atom. The Bertz CT molecular complexity index is 736. The zero-order chi connectivity index (χ0) is 18.2. The van der Waals surface area contributed by atoms with Crippen LogP contribution in [0.5, 0.6) is 0 Å². The molecule has 7 nitrogen and oxygen atoms in total. The average molecular weight is 341 g/mol. The first-order valence-corrected chi connectivity index (χ1v) is 8.09. The fourth-order valence-electron chi connectivity index (χ4n) is 2.13. The number of alkyl carbamates (subject to hydrolysis) is 1. The highest BCUT2D eigenvalue weighted by Crippen LogP contribution is 2.06. The van der Waals surface area contributed by atoms with Crippen LogP contribution in [-0.2, 0) is 11.3 Å². The molecule has 1 aromatic heterocycles. The van der Waals surface area contributed by atoms with E-state index in [1.807, 2.05) is 51.1 Å². The quantitative estimate of drug-likeness (QED) is 0.659. The number of guanidine groups is 1. The number of aryl methyl sites for hydroxylation is 3. The second-order valence-corrected chi connectivity index (χ2v) is 5.60. The first-order chi connectivity index (χ1) is 12.0. The predicted octanol–water partition coefficient (Wildman–Crippen LogP) is 3.12. The van der Waals surface area contributed by atoms with Gasteiger partial charge in [0.1, 0.15) is 0 Å². The van der Waals surface area contributed by atoms with Crippen molar-refractivity contribution in [2.24, 2.45) is 4.99 Å². The molecule has 2 N–H and O–H groups in total. The van der Waals surface area contributed by atoms with E-state index >= 15 is 0 Å². The summed E-state index contributed by atoms with van der Waals surface area (Å²) in [7, 11) is 0. The van der Waals surface area contributed by atoms with E-state index in [-0.39, 0.29) is 12.6 Å². The van der Waals surface area contributed by atoms with Crippen LogP contribution in [0, 0.1) is 20.8 Å². The highest BCUT2D eigenvalue weighted by molar-refractivity contribution is 6.01. The van der Waals surface area contributed by atoms with Crippen molar-refractivity contribution in [2.45, 2.75) is 34.2 Å². The van der Waals surface area contributed by atoms with E-state index in [0.29, 0.717) is 12.5 Å². The SMILES string of the molecule is CCOC(=O)NC(=NCc1ccc(C)cc1)Nc1nc(C)cc(C)n1. The first kappa shape index (κ1) is 18.4. The molecular formula is C18H23N5O2. The van der Waals surface area contributed by atoms with Crippen molar-refractivity contribution in [2.75, 3.05) is 11.9 Å². The van der Waals surface area contributed by atoms with Gasteiger partial charge in [0, 0.05) is 11.4 Å². The Kier molecular flexibility index (Phi) is 6.45. The van der Waals surface area contributed by atoms with Gasteiger partial charge in [0.2, 0.25) is 11.9 Å². The lowest BCUT2D eigenvalue weighted by molar-refractivity contribution is 0.158. The van der Waals surface area contributed by atoms with Gasteiger partial charge in [-0.2, -0.15) is 0 Å². The molecule has 0 spiro atoms. The molecule has 2 aromatic rings. The predicted molar refractivity (Wildman–Crippen MR) is 97.6 cm³/mol. The van der Waals surface area contributed by atoms with Crippen LogP contribution in [-0.4, -0.2) is 28.6 Å². The molecule has 1 aromatic carbocycles. The zero-order valence-corrected chi connectivity index (χ0v) is 15.0. The lowest BCUT2D eigenvalue weighted by Gasteiger charge is -2.11. The lowest BCUT2D eigenvalue weighted by Crippen LogP contribution is -2.37. The number of aliphatic imine (C=N–C) groups is 1. The van der Waals surface area contributed by atoms with Gasteiger partial charge in [0.05, 0.1) is 13.2 Å². The number of rotatable bonds is 4. The molecule has 2 rings (SSSR count). The van der Waals surface area contributed by atoms with E-state index in [1.165, 1.54) is 5.56 Å². The summed E-state index contributed by atoms with van der Waals surface area (Å²) in [6.07, 6.45) is -0.581. The van der Waals surface area contributed by atoms with Crippen molar-refractivity contribution in [3.8, 4) is 0 Å². The van der Waals surface area contributed by atoms with Crippen molar-refractivity contribution in [3.05, 3.63) is 52.8 Å². The van der Waals surface area contributed by atoms with E-state index in [9.17, 15) is 4.79 Å². The van der Waals surface area contributed by atoms with Crippen LogP contribution in [0.2, 0.25) is 0 Å². The number of amides is 1. The summed E-state index contributed by atoms with van der Waals surface area (Å²) in [5.41, 5.74) is 3.85. The normalized spacial score (nSPS) is 11.1. The molecule has 132 valence electrons. The van der Waals surface area contributed by atoms with E-state index in [4.69, 9.17) is 4.74 Å². The fraction of sp³-hybridized carbons (Fsp3) is 0.333. The van der Waals surface area contributed by atoms with Crippen molar-refractivity contribution in [1.82, 2.24) is 15.3 Å². The molecule has 0 saturated carbocycles. The fourth-order valence-corrected chi connectivity index (χ4v) is 2.13. The molecule has 0 aliphatic carbocycles. The van der Waals surface area contributed by atoms with Gasteiger partial charge in [-0.25, -0.2) is 19.8 Å². The Balaban J connectivity index is 2.17. The molecule has 1 amide bonds. The van der Waals surface area contributed by atoms with Gasteiger partial charge in [-0.05, 0) is 39.3 Å². The van der Waals surface area contributed by atoms with Gasteiger partial charge in [-0.1, -0.05) is 29.8 Å². The third kappa shape index (κ3) is 6.21. The van der Waals surface area contributed by atoms with Gasteiger partial charge >= 0.3 is 6.09 Å². The summed E-state index contributed by atoms with van der Waals surface area (Å²) in [6.45, 7) is 8.20. The van der Waals surface area contributed by atoms with Crippen molar-refractivity contribution < 1.29 is 9.53 Å². The minimum Gasteiger partial charge on any atom is -0.450 e. The number of benzene rings is 1. The molecule has 0 radical (unpaired) electrons. The van der Waals surface area contributed by atoms with Crippen LogP contribution in [0.4, 0.5) is 10.7 Å². The second kappa shape index (κ2) is 8.77. The van der Waals surface area contributed by atoms with Crippen LogP contribution in [0.3, 0.4) is 0 Å². The number of hydrogen-bond donors (Lipinski definition) is 2. The molecule has 0 saturated heterocycles. The molecular weight excluding hydrogens is 318 g/mol. The maximum absolute atomic E-state index is 11.7. The highest BCUT2D eigenvalue weighted by Gasteiger charge is 2.09. The molecule has 25 heavy (non-hydrogen) atoms. The van der Waals surface area contributed by atoms with Gasteiger partial charge in [0.15, 0.2) is 0 Å². The molecule has 1 heterocycles. The van der Waals surface area contributed by atoms with Crippen LogP contribution >= 0.6 is 0 Å². The number of ether oxygens (including phenoxy) is 1. The van der Waals surface area contributed by atoms with Crippen LogP contribution in [0.1, 0.15) is 29.4 Å². The molecule has 0 aliphatic rings. The van der Waals surface area contributed by atoms with Gasteiger partial charge in [0.25, 0.3) is 0 Å². The van der Waals surface area contributed by atoms with E-state index in [1.54, 1.807) is 6.92 Å². The van der Waals surface area contributed by atoms with Crippen molar-refractivity contribution in [1.29, 1.82) is 0 Å². The monoisotopic (exact) mass is 341 g/mol. The van der Waals surface area contributed by atoms with E-state index in [0.717, 1.165) is 17.0 Å². The summed E-state index contributed by atoms with van der Waals surface area (Å²) in [4.78, 5) is 24.7. The Hall–Kier alpha value is -2.96. The maximum Gasteiger partial charge on any atom is 0.413 e. The zero-order valence-electron chi connectivity index (χ0n) is 15.0. The summed E-state index contributed by atoms with van der Waals surface area (Å²) >= 11 is 0. The summed E-state index contributed by atoms with van der Waals surface area (Å²) in [5, 5.41) is 5.53. The number of nitrogens with one attached hydrogen (secondary N) is 2. The molecule has 0 fully saturated rings. The molecule has 0 aliphatic heterocycles. The Morgan fingerprint density at radius 3 is 2.36 bits per heavy atom. The molecule has 7 heteroatoms. The average Bonchev–Trinajstić information content (AvgIpc) is 2.53. The number of anilines is 1. The van der Waals surface area contributed by atoms with Gasteiger partial charge in [-0.15, -0.1) is 0 Å². The largest absolute Gasteiger partial charge is 0.450 e. The van der Waals surface area contributed by atoms with Crippen LogP contribution < -0.4 is 10.6 Å². The van der Waals surface area contributed by atoms with Crippen LogP contribution in [0.25, 0.3) is 0 Å². The first-order valence-electron chi connectivity index (χ1n) is 8.09. The van der Waals surface area contributed by atoms with Crippen molar-refractivity contribution >= 4 is 18.0 Å². The maximum atomic E-state index is 11.7. The number of hydrogen-bond acceptors (Lipinski definition) is 5. The highest BCUT2D eigenvalue weighted by atomic mass is 16.5. The molecule has 0 bridgehead atoms.